The molecule has 82 valence electrons. The molecular formula is C8H15F2N3O. The lowest BCUT2D eigenvalue weighted by Gasteiger charge is -2.22. The minimum absolute atomic E-state index is 0.525. The van der Waals surface area contributed by atoms with Crippen molar-refractivity contribution in [2.24, 2.45) is 11.8 Å². The smallest absolute Gasteiger partial charge is 0.300 e. The number of hydrogen-bond donors (Lipinski definition) is 2. The van der Waals surface area contributed by atoms with Gasteiger partial charge in [-0.05, 0) is 25.8 Å². The van der Waals surface area contributed by atoms with Crippen LogP contribution in [-0.2, 0) is 4.79 Å². The van der Waals surface area contributed by atoms with E-state index in [4.69, 9.17) is 0 Å². The number of nitrogens with two attached hydrogens (primary N) is 1. The van der Waals surface area contributed by atoms with Gasteiger partial charge < -0.3 is 0 Å². The normalized spacial score (nSPS) is 17.2. The van der Waals surface area contributed by atoms with Gasteiger partial charge in [0.15, 0.2) is 0 Å². The highest BCUT2D eigenvalue weighted by atomic mass is 19.3. The molecule has 0 saturated heterocycles. The summed E-state index contributed by atoms with van der Waals surface area (Å²) in [5.41, 5.74) is 1.46. The van der Waals surface area contributed by atoms with Gasteiger partial charge in [-0.15, -0.1) is 0 Å². The lowest BCUT2D eigenvalue weighted by atomic mass is 10.3. The first kappa shape index (κ1) is 11.3. The van der Waals surface area contributed by atoms with Crippen molar-refractivity contribution in [2.75, 3.05) is 20.1 Å². The van der Waals surface area contributed by atoms with Gasteiger partial charge in [-0.25, -0.2) is 5.84 Å². The second kappa shape index (κ2) is 4.18. The number of nitrogens with one attached hydrogen (secondary N) is 1. The van der Waals surface area contributed by atoms with Crippen LogP contribution in [0.5, 0.6) is 0 Å². The zero-order valence-corrected chi connectivity index (χ0v) is 8.09. The van der Waals surface area contributed by atoms with Crippen LogP contribution in [0.25, 0.3) is 0 Å². The van der Waals surface area contributed by atoms with Crippen molar-refractivity contribution in [3.63, 3.8) is 0 Å². The van der Waals surface area contributed by atoms with Crippen LogP contribution >= 0.6 is 0 Å². The van der Waals surface area contributed by atoms with Crippen molar-refractivity contribution in [1.29, 1.82) is 0 Å². The summed E-state index contributed by atoms with van der Waals surface area (Å²) in [7, 11) is 1.58. The molecule has 0 heterocycles. The molecule has 0 unspecified atom stereocenters. The molecular weight excluding hydrogens is 192 g/mol. The van der Waals surface area contributed by atoms with Crippen LogP contribution < -0.4 is 11.3 Å². The van der Waals surface area contributed by atoms with Crippen molar-refractivity contribution >= 4 is 5.91 Å². The van der Waals surface area contributed by atoms with E-state index in [1.54, 1.807) is 7.05 Å². The second-order valence-electron chi connectivity index (χ2n) is 3.82. The number of alkyl halides is 2. The average molecular weight is 207 g/mol. The minimum Gasteiger partial charge on any atom is -0.300 e. The number of amides is 1. The van der Waals surface area contributed by atoms with Gasteiger partial charge in [0, 0.05) is 6.54 Å². The van der Waals surface area contributed by atoms with E-state index >= 15 is 0 Å². The van der Waals surface area contributed by atoms with Gasteiger partial charge >= 0.3 is 11.8 Å². The number of hydrogen-bond acceptors (Lipinski definition) is 3. The Labute approximate surface area is 81.4 Å². The molecule has 1 fully saturated rings. The molecule has 0 atom stereocenters. The van der Waals surface area contributed by atoms with E-state index in [0.29, 0.717) is 12.5 Å². The summed E-state index contributed by atoms with van der Waals surface area (Å²) in [6.07, 6.45) is 2.19. The first-order valence-corrected chi connectivity index (χ1v) is 4.53. The molecule has 1 saturated carbocycles. The van der Waals surface area contributed by atoms with Gasteiger partial charge in [0.2, 0.25) is 0 Å². The van der Waals surface area contributed by atoms with Gasteiger partial charge in [-0.3, -0.25) is 15.1 Å². The van der Waals surface area contributed by atoms with Crippen LogP contribution in [0.1, 0.15) is 12.8 Å². The molecule has 0 aromatic heterocycles. The number of carbonyl (C=O) groups is 1. The lowest BCUT2D eigenvalue weighted by molar-refractivity contribution is -0.148. The predicted molar refractivity (Wildman–Crippen MR) is 47.5 cm³/mol. The van der Waals surface area contributed by atoms with Crippen molar-refractivity contribution < 1.29 is 13.6 Å². The third kappa shape index (κ3) is 3.19. The standard InChI is InChI=1S/C8H15F2N3O/c1-13(4-6-2-3-6)5-8(9,10)7(14)12-11/h6H,2-5,11H2,1H3,(H,12,14). The maximum Gasteiger partial charge on any atom is 0.338 e. The minimum atomic E-state index is -3.40. The highest BCUT2D eigenvalue weighted by molar-refractivity contribution is 5.82. The molecule has 6 heteroatoms. The summed E-state index contributed by atoms with van der Waals surface area (Å²) < 4.78 is 26.0. The Morgan fingerprint density at radius 1 is 1.64 bits per heavy atom. The molecule has 0 aromatic rings. The van der Waals surface area contributed by atoms with E-state index in [2.05, 4.69) is 5.84 Å². The average Bonchev–Trinajstić information content (AvgIpc) is 2.85. The fourth-order valence-corrected chi connectivity index (χ4v) is 1.32. The van der Waals surface area contributed by atoms with Crippen molar-refractivity contribution in [1.82, 2.24) is 10.3 Å². The Morgan fingerprint density at radius 2 is 2.21 bits per heavy atom. The molecule has 3 N–H and O–H groups in total. The van der Waals surface area contributed by atoms with Gasteiger partial charge in [-0.2, -0.15) is 8.78 Å². The number of nitrogens with zero attached hydrogens (tertiary/aromatic N) is 1. The lowest BCUT2D eigenvalue weighted by Crippen LogP contribution is -2.49. The van der Waals surface area contributed by atoms with E-state index in [-0.39, 0.29) is 0 Å². The van der Waals surface area contributed by atoms with Crippen LogP contribution in [0.2, 0.25) is 0 Å². The first-order valence-electron chi connectivity index (χ1n) is 4.53. The van der Waals surface area contributed by atoms with E-state index in [9.17, 15) is 13.6 Å². The van der Waals surface area contributed by atoms with Crippen LogP contribution in [0.3, 0.4) is 0 Å². The number of halogens is 2. The molecule has 1 aliphatic carbocycles. The fourth-order valence-electron chi connectivity index (χ4n) is 1.32. The topological polar surface area (TPSA) is 58.4 Å². The summed E-state index contributed by atoms with van der Waals surface area (Å²) in [6.45, 7) is 0.0416. The molecule has 0 bridgehead atoms. The molecule has 1 amide bonds. The Kier molecular flexibility index (Phi) is 3.38. The summed E-state index contributed by atoms with van der Waals surface area (Å²) in [5.74, 6) is 0.339. The molecule has 1 rings (SSSR count). The maximum atomic E-state index is 13.0. The zero-order valence-electron chi connectivity index (χ0n) is 8.09. The predicted octanol–water partition coefficient (Wildman–Crippen LogP) is -0.0466. The zero-order chi connectivity index (χ0) is 10.8. The Hall–Kier alpha value is -0.750. The third-order valence-corrected chi connectivity index (χ3v) is 2.20. The third-order valence-electron chi connectivity index (χ3n) is 2.20. The van der Waals surface area contributed by atoms with Crippen molar-refractivity contribution in [2.45, 2.75) is 18.8 Å². The van der Waals surface area contributed by atoms with Gasteiger partial charge in [-0.1, -0.05) is 0 Å². The molecule has 0 aliphatic heterocycles. The van der Waals surface area contributed by atoms with Crippen LogP contribution in [0.15, 0.2) is 0 Å². The van der Waals surface area contributed by atoms with Crippen LogP contribution in [-0.4, -0.2) is 36.9 Å². The van der Waals surface area contributed by atoms with Gasteiger partial charge in [0.1, 0.15) is 0 Å². The summed E-state index contributed by atoms with van der Waals surface area (Å²) in [4.78, 5) is 12.1. The number of rotatable bonds is 5. The van der Waals surface area contributed by atoms with Gasteiger partial charge in [0.05, 0.1) is 6.54 Å². The number of carbonyl (C=O) groups excluding carboxylic acids is 1. The quantitative estimate of drug-likeness (QED) is 0.377. The SMILES string of the molecule is CN(CC1CC1)CC(F)(F)C(=O)NN. The highest BCUT2D eigenvalue weighted by Crippen LogP contribution is 2.30. The molecule has 0 aromatic carbocycles. The Balaban J connectivity index is 2.35. The van der Waals surface area contributed by atoms with Crippen LogP contribution in [0, 0.1) is 5.92 Å². The fraction of sp³-hybridized carbons (Fsp3) is 0.875. The molecule has 0 radical (unpaired) electrons. The largest absolute Gasteiger partial charge is 0.338 e. The van der Waals surface area contributed by atoms with Crippen LogP contribution in [0.4, 0.5) is 8.78 Å². The van der Waals surface area contributed by atoms with Crippen molar-refractivity contribution in [3.05, 3.63) is 0 Å². The monoisotopic (exact) mass is 207 g/mol. The molecule has 14 heavy (non-hydrogen) atoms. The molecule has 0 spiro atoms. The summed E-state index contributed by atoms with van der Waals surface area (Å²) >= 11 is 0. The van der Waals surface area contributed by atoms with E-state index < -0.39 is 18.4 Å². The molecule has 1 aliphatic rings. The van der Waals surface area contributed by atoms with Gasteiger partial charge in [0.25, 0.3) is 0 Å². The van der Waals surface area contributed by atoms with Crippen molar-refractivity contribution in [3.8, 4) is 0 Å². The summed E-state index contributed by atoms with van der Waals surface area (Å²) in [6, 6.07) is 0. The van der Waals surface area contributed by atoms with E-state index in [1.165, 1.54) is 10.3 Å². The summed E-state index contributed by atoms with van der Waals surface area (Å²) in [5, 5.41) is 0. The highest BCUT2D eigenvalue weighted by Gasteiger charge is 2.40. The maximum absolute atomic E-state index is 13.0. The Morgan fingerprint density at radius 3 is 2.64 bits per heavy atom. The van der Waals surface area contributed by atoms with E-state index in [1.807, 2.05) is 0 Å². The molecule has 4 nitrogen and oxygen atoms in total. The Bertz CT molecular complexity index is 219. The van der Waals surface area contributed by atoms with E-state index in [0.717, 1.165) is 12.8 Å². The second-order valence-corrected chi connectivity index (χ2v) is 3.82. The first-order chi connectivity index (χ1) is 6.45. The number of hydrazine groups is 1.